The van der Waals surface area contributed by atoms with Gasteiger partial charge in [-0.25, -0.2) is 0 Å². The van der Waals surface area contributed by atoms with Gasteiger partial charge in [-0.05, 0) is 30.3 Å². The van der Waals surface area contributed by atoms with Crippen LogP contribution in [0.15, 0.2) is 42.7 Å². The van der Waals surface area contributed by atoms with E-state index in [1.165, 1.54) is 18.5 Å². The second kappa shape index (κ2) is 5.91. The van der Waals surface area contributed by atoms with Gasteiger partial charge in [-0.1, -0.05) is 6.07 Å². The van der Waals surface area contributed by atoms with Crippen molar-refractivity contribution in [3.05, 3.63) is 48.3 Å². The van der Waals surface area contributed by atoms with Gasteiger partial charge >= 0.3 is 6.18 Å². The molecule has 9 heteroatoms. The summed E-state index contributed by atoms with van der Waals surface area (Å²) in [5.41, 5.74) is 0.648. The van der Waals surface area contributed by atoms with E-state index in [1.807, 2.05) is 17.0 Å². The van der Waals surface area contributed by atoms with Crippen molar-refractivity contribution < 1.29 is 13.2 Å². The fourth-order valence-electron chi connectivity index (χ4n) is 2.96. The molecule has 1 aliphatic heterocycles. The molecule has 3 aromatic rings. The zero-order chi connectivity index (χ0) is 17.4. The monoisotopic (exact) mass is 348 g/mol. The van der Waals surface area contributed by atoms with Crippen molar-refractivity contribution in [2.75, 3.05) is 36.0 Å². The van der Waals surface area contributed by atoms with Crippen LogP contribution in [-0.2, 0) is 6.18 Å². The number of benzene rings is 1. The summed E-state index contributed by atoms with van der Waals surface area (Å²) in [4.78, 5) is 4.06. The van der Waals surface area contributed by atoms with Gasteiger partial charge in [0.15, 0.2) is 5.65 Å². The van der Waals surface area contributed by atoms with Crippen molar-refractivity contribution in [2.24, 2.45) is 0 Å². The fraction of sp³-hybridized carbons (Fsp3) is 0.312. The number of aromatic nitrogens is 4. The standard InChI is InChI=1S/C16H15F3N6/c17-16(18,19)12-2-1-3-13(10-12)23-6-8-24(9-7-23)15-5-4-14-21-20-11-25(14)22-15/h1-5,10-11H,6-9H2. The average molecular weight is 348 g/mol. The molecule has 0 aliphatic carbocycles. The predicted molar refractivity (Wildman–Crippen MR) is 86.7 cm³/mol. The molecule has 0 radical (unpaired) electrons. The number of rotatable bonds is 2. The maximum absolute atomic E-state index is 12.9. The van der Waals surface area contributed by atoms with Crippen molar-refractivity contribution in [2.45, 2.75) is 6.18 Å². The molecule has 0 saturated carbocycles. The molecule has 0 atom stereocenters. The Kier molecular flexibility index (Phi) is 3.70. The third kappa shape index (κ3) is 3.09. The van der Waals surface area contributed by atoms with E-state index in [0.29, 0.717) is 37.5 Å². The second-order valence-corrected chi connectivity index (χ2v) is 5.85. The Labute approximate surface area is 141 Å². The first-order valence-corrected chi connectivity index (χ1v) is 7.85. The van der Waals surface area contributed by atoms with Crippen LogP contribution in [0.1, 0.15) is 5.56 Å². The quantitative estimate of drug-likeness (QED) is 0.712. The first-order chi connectivity index (χ1) is 12.0. The highest BCUT2D eigenvalue weighted by Gasteiger charge is 2.31. The molecular weight excluding hydrogens is 333 g/mol. The smallest absolute Gasteiger partial charge is 0.368 e. The SMILES string of the molecule is FC(F)(F)c1cccc(N2CCN(c3ccc4nncn4n3)CC2)c1. The molecule has 3 heterocycles. The summed E-state index contributed by atoms with van der Waals surface area (Å²) in [6, 6.07) is 9.19. The minimum atomic E-state index is -4.32. The number of fused-ring (bicyclic) bond motifs is 1. The van der Waals surface area contributed by atoms with Crippen LogP contribution in [0, 0.1) is 0 Å². The lowest BCUT2D eigenvalue weighted by Crippen LogP contribution is -2.47. The van der Waals surface area contributed by atoms with Crippen molar-refractivity contribution in [1.29, 1.82) is 0 Å². The van der Waals surface area contributed by atoms with Crippen LogP contribution in [0.2, 0.25) is 0 Å². The van der Waals surface area contributed by atoms with E-state index in [0.717, 1.165) is 11.9 Å². The number of piperazine rings is 1. The Hall–Kier alpha value is -2.84. The number of nitrogens with zero attached hydrogens (tertiary/aromatic N) is 6. The van der Waals surface area contributed by atoms with Gasteiger partial charge in [0.1, 0.15) is 12.1 Å². The van der Waals surface area contributed by atoms with E-state index >= 15 is 0 Å². The summed E-state index contributed by atoms with van der Waals surface area (Å²) in [7, 11) is 0. The second-order valence-electron chi connectivity index (χ2n) is 5.85. The molecule has 0 unspecified atom stereocenters. The average Bonchev–Trinajstić information content (AvgIpc) is 3.09. The molecule has 0 bridgehead atoms. The first kappa shape index (κ1) is 15.7. The largest absolute Gasteiger partial charge is 0.416 e. The third-order valence-electron chi connectivity index (χ3n) is 4.29. The number of alkyl halides is 3. The third-order valence-corrected chi connectivity index (χ3v) is 4.29. The van der Waals surface area contributed by atoms with Gasteiger partial charge in [-0.2, -0.15) is 17.7 Å². The fourth-order valence-corrected chi connectivity index (χ4v) is 2.96. The van der Waals surface area contributed by atoms with Gasteiger partial charge in [0.25, 0.3) is 0 Å². The molecule has 1 aliphatic rings. The van der Waals surface area contributed by atoms with Gasteiger partial charge in [-0.3, -0.25) is 0 Å². The Morgan fingerprint density at radius 2 is 1.68 bits per heavy atom. The number of hydrogen-bond donors (Lipinski definition) is 0. The Bertz CT molecular complexity index is 883. The first-order valence-electron chi connectivity index (χ1n) is 7.85. The van der Waals surface area contributed by atoms with Crippen LogP contribution in [0.25, 0.3) is 5.65 Å². The lowest BCUT2D eigenvalue weighted by Gasteiger charge is -2.36. The van der Waals surface area contributed by atoms with E-state index in [4.69, 9.17) is 0 Å². The number of halogens is 3. The van der Waals surface area contributed by atoms with Crippen molar-refractivity contribution in [3.8, 4) is 0 Å². The zero-order valence-electron chi connectivity index (χ0n) is 13.2. The van der Waals surface area contributed by atoms with Gasteiger partial charge in [0, 0.05) is 31.9 Å². The highest BCUT2D eigenvalue weighted by atomic mass is 19.4. The van der Waals surface area contributed by atoms with Crippen molar-refractivity contribution in [3.63, 3.8) is 0 Å². The predicted octanol–water partition coefficient (Wildman–Crippen LogP) is 2.47. The number of anilines is 2. The van der Waals surface area contributed by atoms with Crippen LogP contribution in [-0.4, -0.2) is 46.0 Å². The Morgan fingerprint density at radius 3 is 2.44 bits per heavy atom. The molecule has 6 nitrogen and oxygen atoms in total. The summed E-state index contributed by atoms with van der Waals surface area (Å²) < 4.78 is 40.2. The lowest BCUT2D eigenvalue weighted by molar-refractivity contribution is -0.137. The van der Waals surface area contributed by atoms with E-state index in [2.05, 4.69) is 20.2 Å². The highest BCUT2D eigenvalue weighted by Crippen LogP contribution is 2.32. The molecule has 25 heavy (non-hydrogen) atoms. The molecule has 1 fully saturated rings. The van der Waals surface area contributed by atoms with E-state index in [9.17, 15) is 13.2 Å². The van der Waals surface area contributed by atoms with Crippen molar-refractivity contribution in [1.82, 2.24) is 19.8 Å². The minimum Gasteiger partial charge on any atom is -0.368 e. The molecule has 0 N–H and O–H groups in total. The molecule has 1 aromatic carbocycles. The minimum absolute atomic E-state index is 0.594. The Morgan fingerprint density at radius 1 is 0.920 bits per heavy atom. The van der Waals surface area contributed by atoms with Gasteiger partial charge in [0.05, 0.1) is 5.56 Å². The summed E-state index contributed by atoms with van der Waals surface area (Å²) in [5, 5.41) is 12.2. The van der Waals surface area contributed by atoms with Crippen LogP contribution in [0.4, 0.5) is 24.7 Å². The van der Waals surface area contributed by atoms with Gasteiger partial charge in [-0.15, -0.1) is 15.3 Å². The van der Waals surface area contributed by atoms with Crippen LogP contribution in [0.3, 0.4) is 0 Å². The normalized spacial score (nSPS) is 15.8. The van der Waals surface area contributed by atoms with E-state index < -0.39 is 11.7 Å². The molecule has 130 valence electrons. The van der Waals surface area contributed by atoms with Gasteiger partial charge < -0.3 is 9.80 Å². The van der Waals surface area contributed by atoms with Gasteiger partial charge in [0.2, 0.25) is 0 Å². The molecule has 0 amide bonds. The molecule has 1 saturated heterocycles. The highest BCUT2D eigenvalue weighted by molar-refractivity contribution is 5.52. The summed E-state index contributed by atoms with van der Waals surface area (Å²) in [6.45, 7) is 2.61. The maximum Gasteiger partial charge on any atom is 0.416 e. The molecular formula is C16H15F3N6. The van der Waals surface area contributed by atoms with E-state index in [1.54, 1.807) is 10.6 Å². The summed E-state index contributed by atoms with van der Waals surface area (Å²) in [6.07, 6.45) is -2.78. The molecule has 0 spiro atoms. The Balaban J connectivity index is 1.48. The van der Waals surface area contributed by atoms with Crippen LogP contribution >= 0.6 is 0 Å². The van der Waals surface area contributed by atoms with Crippen LogP contribution < -0.4 is 9.80 Å². The van der Waals surface area contributed by atoms with Crippen molar-refractivity contribution >= 4 is 17.2 Å². The lowest BCUT2D eigenvalue weighted by atomic mass is 10.1. The topological polar surface area (TPSA) is 49.6 Å². The van der Waals surface area contributed by atoms with Crippen LogP contribution in [0.5, 0.6) is 0 Å². The molecule has 2 aromatic heterocycles. The summed E-state index contributed by atoms with van der Waals surface area (Å²) in [5.74, 6) is 0.802. The molecule has 4 rings (SSSR count). The summed E-state index contributed by atoms with van der Waals surface area (Å²) >= 11 is 0. The van der Waals surface area contributed by atoms with E-state index in [-0.39, 0.29) is 0 Å². The number of hydrogen-bond acceptors (Lipinski definition) is 5. The zero-order valence-corrected chi connectivity index (χ0v) is 13.2. The maximum atomic E-state index is 12.9.